The first-order valence-corrected chi connectivity index (χ1v) is 12.1. The van der Waals surface area contributed by atoms with E-state index >= 15 is 0 Å². The van der Waals surface area contributed by atoms with Crippen LogP contribution < -0.4 is 5.32 Å². The van der Waals surface area contributed by atoms with Gasteiger partial charge in [-0.1, -0.05) is 24.3 Å². The second-order valence-electron chi connectivity index (χ2n) is 8.19. The Bertz CT molecular complexity index is 1350. The summed E-state index contributed by atoms with van der Waals surface area (Å²) in [7, 11) is 0. The Morgan fingerprint density at radius 3 is 2.54 bits per heavy atom. The summed E-state index contributed by atoms with van der Waals surface area (Å²) in [6.45, 7) is 0.851. The molecule has 2 aromatic carbocycles. The summed E-state index contributed by atoms with van der Waals surface area (Å²) in [6.07, 6.45) is 0.138. The van der Waals surface area contributed by atoms with Gasteiger partial charge in [0.25, 0.3) is 0 Å². The Labute approximate surface area is 204 Å². The normalized spacial score (nSPS) is 13.3. The lowest BCUT2D eigenvalue weighted by molar-refractivity contribution is -0.137. The predicted octanol–water partition coefficient (Wildman–Crippen LogP) is 6.31. The summed E-state index contributed by atoms with van der Waals surface area (Å²) < 4.78 is 40.3. The first-order chi connectivity index (χ1) is 16.9. The van der Waals surface area contributed by atoms with E-state index in [-0.39, 0.29) is 12.3 Å². The Balaban J connectivity index is 1.39. The maximum atomic E-state index is 12.8. The van der Waals surface area contributed by atoms with Crippen LogP contribution in [0.5, 0.6) is 0 Å². The highest BCUT2D eigenvalue weighted by Gasteiger charge is 2.30. The standard InChI is InChI=1S/C26H21F3N4OS/c27-26(28,29)20-7-5-17(6-8-20)15-22(34)31-21-4-1-3-19(16-21)24-23(18-9-11-30-12-10-18)25-33(32-24)13-2-14-35-25/h1,3-12,16H,2,13-15H2,(H,31,34). The summed E-state index contributed by atoms with van der Waals surface area (Å²) in [6, 6.07) is 16.0. The average molecular weight is 495 g/mol. The minimum absolute atomic E-state index is 0.0277. The predicted molar refractivity (Wildman–Crippen MR) is 130 cm³/mol. The van der Waals surface area contributed by atoms with E-state index < -0.39 is 11.7 Å². The molecule has 0 spiro atoms. The van der Waals surface area contributed by atoms with E-state index in [4.69, 9.17) is 5.10 Å². The first-order valence-electron chi connectivity index (χ1n) is 11.1. The summed E-state index contributed by atoms with van der Waals surface area (Å²) >= 11 is 1.78. The molecular formula is C26H21F3N4OS. The lowest BCUT2D eigenvalue weighted by Crippen LogP contribution is -2.14. The van der Waals surface area contributed by atoms with Crippen molar-refractivity contribution in [3.8, 4) is 22.4 Å². The van der Waals surface area contributed by atoms with Crippen LogP contribution in [0.1, 0.15) is 17.5 Å². The molecule has 0 bridgehead atoms. The molecule has 0 radical (unpaired) electrons. The van der Waals surface area contributed by atoms with Gasteiger partial charge in [-0.3, -0.25) is 14.5 Å². The maximum absolute atomic E-state index is 12.8. The van der Waals surface area contributed by atoms with Gasteiger partial charge in [0.15, 0.2) is 0 Å². The number of carbonyl (C=O) groups is 1. The number of anilines is 1. The van der Waals surface area contributed by atoms with Gasteiger partial charge in [-0.2, -0.15) is 18.3 Å². The molecule has 35 heavy (non-hydrogen) atoms. The van der Waals surface area contributed by atoms with E-state index in [0.29, 0.717) is 11.3 Å². The number of alkyl halides is 3. The molecule has 0 atom stereocenters. The van der Waals surface area contributed by atoms with Gasteiger partial charge in [0.05, 0.1) is 12.0 Å². The second-order valence-corrected chi connectivity index (χ2v) is 9.27. The van der Waals surface area contributed by atoms with E-state index in [1.807, 2.05) is 35.0 Å². The summed E-state index contributed by atoms with van der Waals surface area (Å²) in [5.41, 5.74) is 4.14. The largest absolute Gasteiger partial charge is 0.416 e. The molecule has 3 heterocycles. The van der Waals surface area contributed by atoms with Crippen molar-refractivity contribution in [2.45, 2.75) is 30.6 Å². The molecule has 1 aliphatic heterocycles. The lowest BCUT2D eigenvalue weighted by atomic mass is 10.0. The third-order valence-corrected chi connectivity index (χ3v) is 6.87. The van der Waals surface area contributed by atoms with E-state index in [1.165, 1.54) is 12.1 Å². The zero-order chi connectivity index (χ0) is 24.4. The van der Waals surface area contributed by atoms with Gasteiger partial charge in [0.1, 0.15) is 10.7 Å². The number of thioether (sulfide) groups is 1. The molecule has 0 aliphatic carbocycles. The Hall–Kier alpha value is -3.59. The number of aryl methyl sites for hydroxylation is 1. The maximum Gasteiger partial charge on any atom is 0.416 e. The van der Waals surface area contributed by atoms with Crippen molar-refractivity contribution in [3.05, 3.63) is 84.2 Å². The molecule has 0 saturated carbocycles. The number of hydrogen-bond donors (Lipinski definition) is 1. The van der Waals surface area contributed by atoms with Gasteiger partial charge in [-0.15, -0.1) is 11.8 Å². The fraction of sp³-hybridized carbons (Fsp3) is 0.192. The van der Waals surface area contributed by atoms with Crippen LogP contribution in [-0.2, 0) is 23.9 Å². The molecule has 5 rings (SSSR count). The van der Waals surface area contributed by atoms with E-state index in [1.54, 1.807) is 30.2 Å². The number of nitrogens with zero attached hydrogens (tertiary/aromatic N) is 3. The Morgan fingerprint density at radius 2 is 1.80 bits per heavy atom. The third-order valence-electron chi connectivity index (χ3n) is 5.69. The van der Waals surface area contributed by atoms with Gasteiger partial charge in [-0.05, 0) is 53.9 Å². The van der Waals surface area contributed by atoms with Crippen molar-refractivity contribution in [1.82, 2.24) is 14.8 Å². The van der Waals surface area contributed by atoms with Crippen molar-refractivity contribution in [3.63, 3.8) is 0 Å². The fourth-order valence-electron chi connectivity index (χ4n) is 4.06. The van der Waals surface area contributed by atoms with Crippen LogP contribution in [0.2, 0.25) is 0 Å². The minimum Gasteiger partial charge on any atom is -0.326 e. The minimum atomic E-state index is -4.40. The van der Waals surface area contributed by atoms with Crippen LogP contribution in [0, 0.1) is 0 Å². The zero-order valence-electron chi connectivity index (χ0n) is 18.5. The van der Waals surface area contributed by atoms with Crippen molar-refractivity contribution in [1.29, 1.82) is 0 Å². The number of rotatable bonds is 5. The van der Waals surface area contributed by atoms with Crippen LogP contribution >= 0.6 is 11.8 Å². The smallest absolute Gasteiger partial charge is 0.326 e. The monoisotopic (exact) mass is 494 g/mol. The lowest BCUT2D eigenvalue weighted by Gasteiger charge is -2.14. The topological polar surface area (TPSA) is 59.8 Å². The SMILES string of the molecule is O=C(Cc1ccc(C(F)(F)F)cc1)Nc1cccc(-c2nn3c(c2-c2ccncc2)SCCC3)c1. The van der Waals surface area contributed by atoms with E-state index in [0.717, 1.165) is 58.3 Å². The highest BCUT2D eigenvalue weighted by molar-refractivity contribution is 7.99. The molecular weight excluding hydrogens is 473 g/mol. The van der Waals surface area contributed by atoms with Crippen LogP contribution in [-0.4, -0.2) is 26.4 Å². The van der Waals surface area contributed by atoms with Crippen molar-refractivity contribution in [2.75, 3.05) is 11.1 Å². The number of carbonyl (C=O) groups excluding carboxylic acids is 1. The van der Waals surface area contributed by atoms with Crippen LogP contribution in [0.3, 0.4) is 0 Å². The Kier molecular flexibility index (Phi) is 6.34. The molecule has 1 N–H and O–H groups in total. The molecule has 5 nitrogen and oxygen atoms in total. The van der Waals surface area contributed by atoms with Gasteiger partial charge in [0, 0.05) is 41.5 Å². The number of nitrogens with one attached hydrogen (secondary N) is 1. The van der Waals surface area contributed by atoms with Crippen molar-refractivity contribution in [2.24, 2.45) is 0 Å². The third kappa shape index (κ3) is 5.09. The number of fused-ring (bicyclic) bond motifs is 1. The van der Waals surface area contributed by atoms with Gasteiger partial charge in [0.2, 0.25) is 5.91 Å². The van der Waals surface area contributed by atoms with Crippen LogP contribution in [0.15, 0.2) is 78.1 Å². The van der Waals surface area contributed by atoms with Crippen molar-refractivity contribution < 1.29 is 18.0 Å². The van der Waals surface area contributed by atoms with Crippen LogP contribution in [0.4, 0.5) is 18.9 Å². The Morgan fingerprint density at radius 1 is 1.03 bits per heavy atom. The molecule has 9 heteroatoms. The number of aromatic nitrogens is 3. The molecule has 1 aliphatic rings. The van der Waals surface area contributed by atoms with Gasteiger partial charge in [-0.25, -0.2) is 0 Å². The summed E-state index contributed by atoms with van der Waals surface area (Å²) in [4.78, 5) is 16.7. The van der Waals surface area contributed by atoms with Crippen LogP contribution in [0.25, 0.3) is 22.4 Å². The average Bonchev–Trinajstić information content (AvgIpc) is 3.24. The van der Waals surface area contributed by atoms with Gasteiger partial charge < -0.3 is 5.32 Å². The molecule has 0 unspecified atom stereocenters. The number of benzene rings is 2. The molecule has 0 fully saturated rings. The molecule has 4 aromatic rings. The number of halogens is 3. The van der Waals surface area contributed by atoms with E-state index in [2.05, 4.69) is 10.3 Å². The highest BCUT2D eigenvalue weighted by Crippen LogP contribution is 2.41. The molecule has 2 aromatic heterocycles. The molecule has 1 amide bonds. The first kappa shape index (κ1) is 23.2. The summed E-state index contributed by atoms with van der Waals surface area (Å²) in [5.74, 6) is 0.722. The zero-order valence-corrected chi connectivity index (χ0v) is 19.4. The number of amides is 1. The molecule has 0 saturated heterocycles. The fourth-order valence-corrected chi connectivity index (χ4v) is 5.16. The number of pyridine rings is 1. The second kappa shape index (κ2) is 9.58. The summed E-state index contributed by atoms with van der Waals surface area (Å²) in [5, 5.41) is 8.86. The highest BCUT2D eigenvalue weighted by atomic mass is 32.2. The molecule has 178 valence electrons. The van der Waals surface area contributed by atoms with Crippen molar-refractivity contribution >= 4 is 23.4 Å². The number of hydrogen-bond acceptors (Lipinski definition) is 4. The van der Waals surface area contributed by atoms with E-state index in [9.17, 15) is 18.0 Å². The van der Waals surface area contributed by atoms with Gasteiger partial charge >= 0.3 is 6.18 Å². The quantitative estimate of drug-likeness (QED) is 0.353.